The van der Waals surface area contributed by atoms with Gasteiger partial charge < -0.3 is 5.32 Å². The molecule has 2 nitrogen and oxygen atoms in total. The fourth-order valence-corrected chi connectivity index (χ4v) is 1.89. The molecule has 1 atom stereocenters. The van der Waals surface area contributed by atoms with Gasteiger partial charge in [-0.25, -0.2) is 8.78 Å². The molecule has 1 rings (SSSR count). The fourth-order valence-electron chi connectivity index (χ4n) is 1.32. The molecule has 0 saturated carbocycles. The van der Waals surface area contributed by atoms with Gasteiger partial charge in [0.1, 0.15) is 0 Å². The van der Waals surface area contributed by atoms with E-state index in [4.69, 9.17) is 23.2 Å². The van der Waals surface area contributed by atoms with Crippen LogP contribution in [0.3, 0.4) is 0 Å². The minimum Gasteiger partial charge on any atom is -0.344 e. The zero-order valence-corrected chi connectivity index (χ0v) is 11.1. The summed E-state index contributed by atoms with van der Waals surface area (Å²) in [4.78, 5) is 11.1. The summed E-state index contributed by atoms with van der Waals surface area (Å²) in [6.45, 7) is 1.34. The molecular formula is C11H9Cl2F4NO. The van der Waals surface area contributed by atoms with Gasteiger partial charge in [-0.15, -0.1) is 0 Å². The first kappa shape index (κ1) is 16.0. The third kappa shape index (κ3) is 3.73. The smallest absolute Gasteiger partial charge is 0.344 e. The van der Waals surface area contributed by atoms with Crippen LogP contribution in [-0.2, 0) is 4.79 Å². The summed E-state index contributed by atoms with van der Waals surface area (Å²) in [6, 6.07) is 3.25. The predicted molar refractivity (Wildman–Crippen MR) is 64.0 cm³/mol. The molecule has 0 heterocycles. The predicted octanol–water partition coefficient (Wildman–Crippen LogP) is 4.07. The summed E-state index contributed by atoms with van der Waals surface area (Å²) in [6.07, 6.45) is -4.07. The minimum atomic E-state index is -4.74. The highest BCUT2D eigenvalue weighted by Crippen LogP contribution is 2.28. The molecule has 1 aromatic carbocycles. The van der Waals surface area contributed by atoms with E-state index in [9.17, 15) is 22.4 Å². The molecule has 0 aliphatic carbocycles. The van der Waals surface area contributed by atoms with Crippen molar-refractivity contribution in [2.75, 3.05) is 0 Å². The van der Waals surface area contributed by atoms with Crippen molar-refractivity contribution in [2.24, 2.45) is 0 Å². The SMILES string of the molecule is CC(NC(=O)C(F)(F)C(F)F)c1ccc(Cl)cc1Cl. The number of carbonyl (C=O) groups is 1. The standard InChI is InChI=1S/C11H9Cl2F4NO/c1-5(7-3-2-6(12)4-8(7)13)18-10(19)11(16,17)9(14)15/h2-5,9H,1H3,(H,18,19). The van der Waals surface area contributed by atoms with Crippen molar-refractivity contribution in [1.29, 1.82) is 0 Å². The third-order valence-corrected chi connectivity index (χ3v) is 2.92. The molecule has 1 aromatic rings. The summed E-state index contributed by atoms with van der Waals surface area (Å²) in [5.41, 5.74) is 0.296. The fraction of sp³-hybridized carbons (Fsp3) is 0.364. The highest BCUT2D eigenvalue weighted by Gasteiger charge is 2.49. The van der Waals surface area contributed by atoms with Crippen molar-refractivity contribution in [3.63, 3.8) is 0 Å². The lowest BCUT2D eigenvalue weighted by molar-refractivity contribution is -0.170. The van der Waals surface area contributed by atoms with Crippen LogP contribution in [0, 0.1) is 0 Å². The van der Waals surface area contributed by atoms with Crippen molar-refractivity contribution in [3.8, 4) is 0 Å². The summed E-state index contributed by atoms with van der Waals surface area (Å²) in [7, 11) is 0. The maximum Gasteiger partial charge on any atom is 0.383 e. The number of benzene rings is 1. The lowest BCUT2D eigenvalue weighted by Crippen LogP contribution is -2.46. The van der Waals surface area contributed by atoms with E-state index in [1.807, 2.05) is 0 Å². The lowest BCUT2D eigenvalue weighted by atomic mass is 10.1. The second-order valence-corrected chi connectivity index (χ2v) is 4.63. The summed E-state index contributed by atoms with van der Waals surface area (Å²) in [5.74, 6) is -6.80. The Bertz CT molecular complexity index is 482. The highest BCUT2D eigenvalue weighted by molar-refractivity contribution is 6.35. The molecular weight excluding hydrogens is 309 g/mol. The third-order valence-electron chi connectivity index (χ3n) is 2.35. The summed E-state index contributed by atoms with van der Waals surface area (Å²) >= 11 is 11.5. The van der Waals surface area contributed by atoms with Crippen LogP contribution in [0.5, 0.6) is 0 Å². The van der Waals surface area contributed by atoms with Crippen molar-refractivity contribution < 1.29 is 22.4 Å². The molecule has 1 amide bonds. The van der Waals surface area contributed by atoms with Crippen LogP contribution in [0.25, 0.3) is 0 Å². The van der Waals surface area contributed by atoms with Gasteiger partial charge in [-0.2, -0.15) is 8.78 Å². The summed E-state index contributed by atoms with van der Waals surface area (Å²) in [5, 5.41) is 2.25. The van der Waals surface area contributed by atoms with Gasteiger partial charge in [0.15, 0.2) is 0 Å². The Kier molecular flexibility index (Phi) is 5.04. The molecule has 8 heteroatoms. The highest BCUT2D eigenvalue weighted by atomic mass is 35.5. The van der Waals surface area contributed by atoms with E-state index >= 15 is 0 Å². The molecule has 19 heavy (non-hydrogen) atoms. The van der Waals surface area contributed by atoms with Crippen LogP contribution < -0.4 is 5.32 Å². The van der Waals surface area contributed by atoms with Crippen LogP contribution in [0.2, 0.25) is 10.0 Å². The number of amides is 1. The number of halogens is 6. The van der Waals surface area contributed by atoms with Gasteiger partial charge in [-0.1, -0.05) is 29.3 Å². The Balaban J connectivity index is 2.85. The van der Waals surface area contributed by atoms with E-state index < -0.39 is 24.3 Å². The number of hydrogen-bond acceptors (Lipinski definition) is 1. The van der Waals surface area contributed by atoms with E-state index in [2.05, 4.69) is 0 Å². The van der Waals surface area contributed by atoms with Crippen LogP contribution in [0.1, 0.15) is 18.5 Å². The van der Waals surface area contributed by atoms with E-state index in [1.54, 1.807) is 5.32 Å². The monoisotopic (exact) mass is 317 g/mol. The average Bonchev–Trinajstić information content (AvgIpc) is 2.28. The number of rotatable bonds is 4. The second-order valence-electron chi connectivity index (χ2n) is 3.78. The molecule has 0 aliphatic heterocycles. The Morgan fingerprint density at radius 2 is 1.89 bits per heavy atom. The van der Waals surface area contributed by atoms with Gasteiger partial charge in [0.05, 0.1) is 6.04 Å². The normalized spacial score (nSPS) is 13.5. The van der Waals surface area contributed by atoms with Crippen LogP contribution in [0.15, 0.2) is 18.2 Å². The van der Waals surface area contributed by atoms with Gasteiger partial charge in [0, 0.05) is 10.0 Å². The number of alkyl halides is 4. The molecule has 0 aliphatic rings. The van der Waals surface area contributed by atoms with Gasteiger partial charge in [-0.05, 0) is 24.6 Å². The van der Waals surface area contributed by atoms with Crippen LogP contribution in [0.4, 0.5) is 17.6 Å². The van der Waals surface area contributed by atoms with Gasteiger partial charge in [0.25, 0.3) is 5.91 Å². The molecule has 0 aromatic heterocycles. The van der Waals surface area contributed by atoms with Crippen molar-refractivity contribution in [3.05, 3.63) is 33.8 Å². The van der Waals surface area contributed by atoms with Crippen LogP contribution >= 0.6 is 23.2 Å². The first-order chi connectivity index (χ1) is 8.66. The maximum atomic E-state index is 12.8. The first-order valence-corrected chi connectivity index (χ1v) is 5.83. The van der Waals surface area contributed by atoms with Crippen LogP contribution in [-0.4, -0.2) is 18.3 Å². The minimum absolute atomic E-state index is 0.140. The largest absolute Gasteiger partial charge is 0.383 e. The molecule has 0 radical (unpaired) electrons. The maximum absolute atomic E-state index is 12.8. The first-order valence-electron chi connectivity index (χ1n) is 5.08. The Labute approximate surface area is 116 Å². The molecule has 0 fully saturated rings. The van der Waals surface area contributed by atoms with Gasteiger partial charge >= 0.3 is 12.3 Å². The van der Waals surface area contributed by atoms with Gasteiger partial charge in [-0.3, -0.25) is 4.79 Å². The van der Waals surface area contributed by atoms with Crippen molar-refractivity contribution in [2.45, 2.75) is 25.3 Å². The van der Waals surface area contributed by atoms with E-state index in [0.29, 0.717) is 10.6 Å². The molecule has 1 N–H and O–H groups in total. The Morgan fingerprint density at radius 1 is 1.32 bits per heavy atom. The average molecular weight is 318 g/mol. The molecule has 0 saturated heterocycles. The van der Waals surface area contributed by atoms with Crippen molar-refractivity contribution >= 4 is 29.1 Å². The quantitative estimate of drug-likeness (QED) is 0.833. The van der Waals surface area contributed by atoms with E-state index in [-0.39, 0.29) is 5.02 Å². The molecule has 1 unspecified atom stereocenters. The van der Waals surface area contributed by atoms with Gasteiger partial charge in [0.2, 0.25) is 0 Å². The van der Waals surface area contributed by atoms with Crippen molar-refractivity contribution in [1.82, 2.24) is 5.32 Å². The number of hydrogen-bond donors (Lipinski definition) is 1. The topological polar surface area (TPSA) is 29.1 Å². The zero-order valence-electron chi connectivity index (χ0n) is 9.56. The Hall–Kier alpha value is -1.01. The van der Waals surface area contributed by atoms with E-state index in [1.165, 1.54) is 25.1 Å². The molecule has 0 spiro atoms. The Morgan fingerprint density at radius 3 is 2.37 bits per heavy atom. The summed E-state index contributed by atoms with van der Waals surface area (Å²) < 4.78 is 49.5. The zero-order chi connectivity index (χ0) is 14.8. The molecule has 106 valence electrons. The lowest BCUT2D eigenvalue weighted by Gasteiger charge is -2.20. The number of nitrogens with one attached hydrogen (secondary N) is 1. The molecule has 0 bridgehead atoms. The van der Waals surface area contributed by atoms with E-state index in [0.717, 1.165) is 0 Å². The number of carbonyl (C=O) groups excluding carboxylic acids is 1. The second kappa shape index (κ2) is 5.96.